The van der Waals surface area contributed by atoms with E-state index in [1.807, 2.05) is 61.5 Å². The van der Waals surface area contributed by atoms with Crippen molar-refractivity contribution >= 4 is 29.3 Å². The van der Waals surface area contributed by atoms with Crippen LogP contribution in [0.4, 0.5) is 5.69 Å². The molecule has 0 aliphatic carbocycles. The molecule has 172 valence electrons. The van der Waals surface area contributed by atoms with Gasteiger partial charge < -0.3 is 9.73 Å². The maximum Gasteiger partial charge on any atom is 0.265 e. The SMILES string of the molecule is CCc1ccc(N2C(=O)C(Cc3ccccc3C)S/C2=C(/C#N)C(=O)NCc2ccco2)cc1. The number of hydrogen-bond acceptors (Lipinski definition) is 5. The second-order valence-electron chi connectivity index (χ2n) is 7.98. The van der Waals surface area contributed by atoms with Gasteiger partial charge in [0.1, 0.15) is 22.4 Å². The van der Waals surface area contributed by atoms with Gasteiger partial charge in [-0.25, -0.2) is 0 Å². The number of benzene rings is 2. The van der Waals surface area contributed by atoms with Crippen molar-refractivity contribution in [3.63, 3.8) is 0 Å². The highest BCUT2D eigenvalue weighted by atomic mass is 32.2. The summed E-state index contributed by atoms with van der Waals surface area (Å²) in [5, 5.41) is 12.6. The number of amides is 2. The Morgan fingerprint density at radius 3 is 2.56 bits per heavy atom. The number of aryl methyl sites for hydroxylation is 2. The fraction of sp³-hybridized carbons (Fsp3) is 0.222. The first-order chi connectivity index (χ1) is 16.5. The molecule has 34 heavy (non-hydrogen) atoms. The molecule has 1 aliphatic rings. The van der Waals surface area contributed by atoms with Crippen LogP contribution in [0.15, 0.2) is 81.9 Å². The van der Waals surface area contributed by atoms with Crippen LogP contribution in [0.5, 0.6) is 0 Å². The first-order valence-electron chi connectivity index (χ1n) is 11.1. The van der Waals surface area contributed by atoms with Gasteiger partial charge in [-0.15, -0.1) is 0 Å². The summed E-state index contributed by atoms with van der Waals surface area (Å²) >= 11 is 1.27. The topological polar surface area (TPSA) is 86.3 Å². The highest BCUT2D eigenvalue weighted by molar-refractivity contribution is 8.05. The number of hydrogen-bond donors (Lipinski definition) is 1. The number of carbonyl (C=O) groups excluding carboxylic acids is 2. The van der Waals surface area contributed by atoms with Crippen molar-refractivity contribution in [2.45, 2.75) is 38.5 Å². The van der Waals surface area contributed by atoms with Crippen LogP contribution in [0, 0.1) is 18.3 Å². The van der Waals surface area contributed by atoms with Gasteiger partial charge >= 0.3 is 0 Å². The summed E-state index contributed by atoms with van der Waals surface area (Å²) in [5.74, 6) is -0.102. The third-order valence-electron chi connectivity index (χ3n) is 5.78. The molecule has 1 aliphatic heterocycles. The van der Waals surface area contributed by atoms with Gasteiger partial charge in [0.25, 0.3) is 5.91 Å². The zero-order chi connectivity index (χ0) is 24.1. The second kappa shape index (κ2) is 10.4. The molecule has 0 radical (unpaired) electrons. The Labute approximate surface area is 203 Å². The van der Waals surface area contributed by atoms with Crippen LogP contribution >= 0.6 is 11.8 Å². The van der Waals surface area contributed by atoms with Crippen LogP contribution in [-0.4, -0.2) is 17.1 Å². The zero-order valence-electron chi connectivity index (χ0n) is 19.1. The van der Waals surface area contributed by atoms with Crippen molar-refractivity contribution in [1.29, 1.82) is 5.26 Å². The lowest BCUT2D eigenvalue weighted by Gasteiger charge is -2.19. The number of carbonyl (C=O) groups is 2. The highest BCUT2D eigenvalue weighted by Gasteiger charge is 2.41. The van der Waals surface area contributed by atoms with E-state index < -0.39 is 11.2 Å². The minimum atomic E-state index is -0.541. The van der Waals surface area contributed by atoms with Gasteiger partial charge in [0.05, 0.1) is 18.1 Å². The van der Waals surface area contributed by atoms with Crippen molar-refractivity contribution in [3.05, 3.63) is 100.0 Å². The summed E-state index contributed by atoms with van der Waals surface area (Å²) in [7, 11) is 0. The minimum Gasteiger partial charge on any atom is -0.467 e. The molecule has 2 aromatic carbocycles. The lowest BCUT2D eigenvalue weighted by atomic mass is 10.0. The minimum absolute atomic E-state index is 0.0863. The molecule has 1 atom stereocenters. The van der Waals surface area contributed by atoms with Gasteiger partial charge in [-0.2, -0.15) is 5.26 Å². The van der Waals surface area contributed by atoms with Crippen molar-refractivity contribution in [2.75, 3.05) is 4.90 Å². The van der Waals surface area contributed by atoms with E-state index >= 15 is 0 Å². The van der Waals surface area contributed by atoms with Crippen molar-refractivity contribution < 1.29 is 14.0 Å². The van der Waals surface area contributed by atoms with E-state index in [-0.39, 0.29) is 18.0 Å². The van der Waals surface area contributed by atoms with Crippen LogP contribution in [0.2, 0.25) is 0 Å². The molecule has 0 bridgehead atoms. The molecular formula is C27H25N3O3S. The van der Waals surface area contributed by atoms with Crippen molar-refractivity contribution in [1.82, 2.24) is 5.32 Å². The molecule has 1 N–H and O–H groups in total. The molecule has 0 saturated carbocycles. The lowest BCUT2D eigenvalue weighted by Crippen LogP contribution is -2.32. The van der Waals surface area contributed by atoms with Gasteiger partial charge in [-0.1, -0.05) is 55.1 Å². The molecule has 4 rings (SSSR count). The predicted molar refractivity (Wildman–Crippen MR) is 133 cm³/mol. The van der Waals surface area contributed by atoms with Gasteiger partial charge in [0, 0.05) is 5.69 Å². The Hall–Kier alpha value is -3.76. The average molecular weight is 472 g/mol. The Balaban J connectivity index is 1.69. The third-order valence-corrected chi connectivity index (χ3v) is 7.04. The highest BCUT2D eigenvalue weighted by Crippen LogP contribution is 2.42. The molecule has 2 heterocycles. The number of thioether (sulfide) groups is 1. The van der Waals surface area contributed by atoms with E-state index in [4.69, 9.17) is 4.42 Å². The Bertz CT molecular complexity index is 1260. The number of rotatable bonds is 7. The first-order valence-corrected chi connectivity index (χ1v) is 12.0. The zero-order valence-corrected chi connectivity index (χ0v) is 19.9. The smallest absolute Gasteiger partial charge is 0.265 e. The molecule has 7 heteroatoms. The summed E-state index contributed by atoms with van der Waals surface area (Å²) in [6, 6.07) is 21.1. The summed E-state index contributed by atoms with van der Waals surface area (Å²) < 4.78 is 5.26. The molecular weight excluding hydrogens is 446 g/mol. The Morgan fingerprint density at radius 2 is 1.91 bits per heavy atom. The molecule has 1 aromatic heterocycles. The van der Waals surface area contributed by atoms with Gasteiger partial charge in [-0.05, 0) is 60.7 Å². The quantitative estimate of drug-likeness (QED) is 0.392. The van der Waals surface area contributed by atoms with Crippen molar-refractivity contribution in [2.24, 2.45) is 0 Å². The van der Waals surface area contributed by atoms with Gasteiger partial charge in [-0.3, -0.25) is 14.5 Å². The second-order valence-corrected chi connectivity index (χ2v) is 9.18. The van der Waals surface area contributed by atoms with Crippen molar-refractivity contribution in [3.8, 4) is 6.07 Å². The number of nitrogens with zero attached hydrogens (tertiary/aromatic N) is 2. The Morgan fingerprint density at radius 1 is 1.15 bits per heavy atom. The largest absolute Gasteiger partial charge is 0.467 e. The van der Waals surface area contributed by atoms with E-state index in [0.29, 0.717) is 22.9 Å². The van der Waals surface area contributed by atoms with E-state index in [1.165, 1.54) is 22.9 Å². The summed E-state index contributed by atoms with van der Waals surface area (Å²) in [4.78, 5) is 28.1. The molecule has 6 nitrogen and oxygen atoms in total. The molecule has 2 amide bonds. The van der Waals surface area contributed by atoms with Crippen LogP contribution in [0.3, 0.4) is 0 Å². The summed E-state index contributed by atoms with van der Waals surface area (Å²) in [6.07, 6.45) is 2.91. The first kappa shape index (κ1) is 23.4. The van der Waals surface area contributed by atoms with Crippen LogP contribution in [0.25, 0.3) is 0 Å². The third kappa shape index (κ3) is 4.92. The normalized spacial score (nSPS) is 16.9. The standard InChI is InChI=1S/C27H25N3O3S/c1-3-19-10-12-21(13-11-19)30-26(32)24(15-20-8-5-4-7-18(20)2)34-27(30)23(16-28)25(31)29-17-22-9-6-14-33-22/h4-14,24H,3,15,17H2,1-2H3,(H,29,31)/b27-23-. The van der Waals surface area contributed by atoms with Gasteiger partial charge in [0.2, 0.25) is 5.91 Å². The molecule has 1 fully saturated rings. The number of nitriles is 1. The van der Waals surface area contributed by atoms with E-state index in [0.717, 1.165) is 23.1 Å². The number of anilines is 1. The number of furan rings is 1. The average Bonchev–Trinajstić information content (AvgIpc) is 3.48. The maximum absolute atomic E-state index is 13.6. The Kier molecular flexibility index (Phi) is 7.19. The monoisotopic (exact) mass is 471 g/mol. The summed E-state index contributed by atoms with van der Waals surface area (Å²) in [5.41, 5.74) is 3.86. The molecule has 1 saturated heterocycles. The number of nitrogens with one attached hydrogen (secondary N) is 1. The fourth-order valence-electron chi connectivity index (χ4n) is 3.81. The van der Waals surface area contributed by atoms with E-state index in [1.54, 1.807) is 12.1 Å². The maximum atomic E-state index is 13.6. The molecule has 3 aromatic rings. The predicted octanol–water partition coefficient (Wildman–Crippen LogP) is 4.89. The lowest BCUT2D eigenvalue weighted by molar-refractivity contribution is -0.117. The fourth-order valence-corrected chi connectivity index (χ4v) is 5.11. The van der Waals surface area contributed by atoms with Gasteiger partial charge in [0.15, 0.2) is 0 Å². The van der Waals surface area contributed by atoms with Crippen LogP contribution < -0.4 is 10.2 Å². The van der Waals surface area contributed by atoms with E-state index in [2.05, 4.69) is 12.2 Å². The van der Waals surface area contributed by atoms with Crippen LogP contribution in [-0.2, 0) is 29.0 Å². The summed E-state index contributed by atoms with van der Waals surface area (Å²) in [6.45, 7) is 4.23. The van der Waals surface area contributed by atoms with Crippen LogP contribution in [0.1, 0.15) is 29.4 Å². The van der Waals surface area contributed by atoms with E-state index in [9.17, 15) is 14.9 Å². The molecule has 1 unspecified atom stereocenters. The molecule has 0 spiro atoms.